The third-order valence-corrected chi connectivity index (χ3v) is 3.16. The predicted molar refractivity (Wildman–Crippen MR) is 65.4 cm³/mol. The molecule has 0 amide bonds. The van der Waals surface area contributed by atoms with E-state index in [-0.39, 0.29) is 0 Å². The number of nitrogens with one attached hydrogen (secondary N) is 1. The molecule has 0 unspecified atom stereocenters. The molecule has 0 atom stereocenters. The van der Waals surface area contributed by atoms with Gasteiger partial charge < -0.3 is 10.6 Å². The van der Waals surface area contributed by atoms with Crippen molar-refractivity contribution in [2.75, 3.05) is 24.2 Å². The Balaban J connectivity index is 2.09. The van der Waals surface area contributed by atoms with E-state index in [2.05, 4.69) is 40.3 Å². The summed E-state index contributed by atoms with van der Waals surface area (Å²) in [4.78, 5) is 2.27. The number of likely N-dealkylation sites (N-methyl/N-ethyl adjacent to an activating group) is 1. The second-order valence-corrected chi connectivity index (χ2v) is 4.22. The zero-order valence-corrected chi connectivity index (χ0v) is 9.20. The summed E-state index contributed by atoms with van der Waals surface area (Å²) in [5, 5.41) is 6.88. The number of rotatable bonds is 1. The normalized spacial score (nSPS) is 14.2. The Morgan fingerprint density at radius 3 is 3.06 bits per heavy atom. The summed E-state index contributed by atoms with van der Waals surface area (Å²) in [7, 11) is 2.12. The lowest BCUT2D eigenvalue weighted by atomic mass is 10.1. The Labute approximate surface area is 94.1 Å². The third-order valence-electron chi connectivity index (χ3n) is 3.16. The highest BCUT2D eigenvalue weighted by Crippen LogP contribution is 2.32. The highest BCUT2D eigenvalue weighted by molar-refractivity contribution is 5.75. The molecule has 0 saturated heterocycles. The van der Waals surface area contributed by atoms with Crippen LogP contribution in [0.4, 0.5) is 11.4 Å². The van der Waals surface area contributed by atoms with Gasteiger partial charge in [0, 0.05) is 24.8 Å². The molecular weight excluding hydrogens is 200 g/mol. The second kappa shape index (κ2) is 3.27. The average molecular weight is 214 g/mol. The van der Waals surface area contributed by atoms with E-state index in [0.29, 0.717) is 5.69 Å². The number of fused-ring (bicyclic) bond motifs is 1. The Morgan fingerprint density at radius 1 is 1.44 bits per heavy atom. The molecule has 4 nitrogen and oxygen atoms in total. The second-order valence-electron chi connectivity index (χ2n) is 4.22. The fourth-order valence-corrected chi connectivity index (χ4v) is 2.25. The first-order valence-electron chi connectivity index (χ1n) is 5.39. The number of nitrogen functional groups attached to an aromatic ring is 1. The van der Waals surface area contributed by atoms with Gasteiger partial charge in [0.2, 0.25) is 0 Å². The van der Waals surface area contributed by atoms with Gasteiger partial charge in [-0.1, -0.05) is 6.07 Å². The first-order chi connectivity index (χ1) is 7.75. The molecule has 0 saturated carbocycles. The van der Waals surface area contributed by atoms with Crippen LogP contribution >= 0.6 is 0 Å². The molecule has 1 aliphatic heterocycles. The molecule has 1 aromatic carbocycles. The highest BCUT2D eigenvalue weighted by Gasteiger charge is 2.16. The zero-order chi connectivity index (χ0) is 11.1. The summed E-state index contributed by atoms with van der Waals surface area (Å²) in [5.74, 6) is 0. The molecule has 3 N–H and O–H groups in total. The topological polar surface area (TPSA) is 57.9 Å². The molecule has 4 heteroatoms. The Morgan fingerprint density at radius 2 is 2.31 bits per heavy atom. The lowest BCUT2D eigenvalue weighted by Gasteiger charge is -2.11. The van der Waals surface area contributed by atoms with E-state index in [1.165, 1.54) is 11.3 Å². The number of benzene rings is 1. The van der Waals surface area contributed by atoms with Crippen molar-refractivity contribution in [1.29, 1.82) is 0 Å². The minimum Gasteiger partial charge on any atom is -0.396 e. The summed E-state index contributed by atoms with van der Waals surface area (Å²) in [6.07, 6.45) is 2.75. The monoisotopic (exact) mass is 214 g/mol. The van der Waals surface area contributed by atoms with Gasteiger partial charge in [-0.2, -0.15) is 5.10 Å². The largest absolute Gasteiger partial charge is 0.396 e. The fourth-order valence-electron chi connectivity index (χ4n) is 2.25. The fraction of sp³-hybridized carbons (Fsp3) is 0.250. The lowest BCUT2D eigenvalue weighted by molar-refractivity contribution is 0.956. The van der Waals surface area contributed by atoms with Crippen molar-refractivity contribution < 1.29 is 0 Å². The van der Waals surface area contributed by atoms with Crippen LogP contribution in [-0.4, -0.2) is 23.8 Å². The van der Waals surface area contributed by atoms with Crippen molar-refractivity contribution >= 4 is 11.4 Å². The van der Waals surface area contributed by atoms with Gasteiger partial charge in [0.1, 0.15) is 0 Å². The maximum atomic E-state index is 5.84. The van der Waals surface area contributed by atoms with Crippen LogP contribution in [0.5, 0.6) is 0 Å². The van der Waals surface area contributed by atoms with E-state index in [0.717, 1.165) is 24.2 Å². The summed E-state index contributed by atoms with van der Waals surface area (Å²) in [6.45, 7) is 1.09. The molecule has 1 aliphatic rings. The van der Waals surface area contributed by atoms with Gasteiger partial charge in [-0.05, 0) is 24.1 Å². The van der Waals surface area contributed by atoms with Gasteiger partial charge in [-0.3, -0.25) is 5.10 Å². The molecule has 0 aliphatic carbocycles. The molecule has 0 spiro atoms. The number of hydrogen-bond donors (Lipinski definition) is 2. The van der Waals surface area contributed by atoms with Crippen molar-refractivity contribution in [3.63, 3.8) is 0 Å². The number of anilines is 2. The quantitative estimate of drug-likeness (QED) is 0.759. The molecular formula is C12H14N4. The van der Waals surface area contributed by atoms with Gasteiger partial charge in [-0.25, -0.2) is 0 Å². The van der Waals surface area contributed by atoms with Crippen LogP contribution in [-0.2, 0) is 6.42 Å². The van der Waals surface area contributed by atoms with Crippen LogP contribution in [0.3, 0.4) is 0 Å². The SMILES string of the molecule is CN1CCc2cc(-c3[nH]ncc3N)ccc21. The summed E-state index contributed by atoms with van der Waals surface area (Å²) in [6, 6.07) is 6.44. The van der Waals surface area contributed by atoms with E-state index >= 15 is 0 Å². The van der Waals surface area contributed by atoms with Gasteiger partial charge in [0.25, 0.3) is 0 Å². The average Bonchev–Trinajstić information content (AvgIpc) is 2.86. The van der Waals surface area contributed by atoms with Gasteiger partial charge in [0.15, 0.2) is 0 Å². The Bertz CT molecular complexity index is 530. The van der Waals surface area contributed by atoms with Crippen LogP contribution < -0.4 is 10.6 Å². The van der Waals surface area contributed by atoms with Crippen molar-refractivity contribution in [2.45, 2.75) is 6.42 Å². The predicted octanol–water partition coefficient (Wildman–Crippen LogP) is 1.65. The molecule has 0 bridgehead atoms. The van der Waals surface area contributed by atoms with E-state index in [4.69, 9.17) is 5.73 Å². The lowest BCUT2D eigenvalue weighted by Crippen LogP contribution is -2.12. The van der Waals surface area contributed by atoms with Gasteiger partial charge in [0.05, 0.1) is 17.6 Å². The van der Waals surface area contributed by atoms with Crippen LogP contribution in [0.25, 0.3) is 11.3 Å². The van der Waals surface area contributed by atoms with Crippen molar-refractivity contribution in [1.82, 2.24) is 10.2 Å². The van der Waals surface area contributed by atoms with Crippen molar-refractivity contribution in [3.05, 3.63) is 30.0 Å². The molecule has 0 fully saturated rings. The van der Waals surface area contributed by atoms with Crippen LogP contribution in [0.1, 0.15) is 5.56 Å². The molecule has 0 radical (unpaired) electrons. The molecule has 2 heterocycles. The number of H-pyrrole nitrogens is 1. The number of aromatic nitrogens is 2. The van der Waals surface area contributed by atoms with E-state index in [1.54, 1.807) is 6.20 Å². The van der Waals surface area contributed by atoms with Gasteiger partial charge >= 0.3 is 0 Å². The van der Waals surface area contributed by atoms with Crippen LogP contribution in [0.15, 0.2) is 24.4 Å². The molecule has 1 aromatic heterocycles. The molecule has 16 heavy (non-hydrogen) atoms. The number of hydrogen-bond acceptors (Lipinski definition) is 3. The van der Waals surface area contributed by atoms with E-state index in [1.807, 2.05) is 0 Å². The smallest absolute Gasteiger partial charge is 0.0880 e. The summed E-state index contributed by atoms with van der Waals surface area (Å²) < 4.78 is 0. The first kappa shape index (κ1) is 9.27. The summed E-state index contributed by atoms with van der Waals surface area (Å²) in [5.41, 5.74) is 11.3. The number of aromatic amines is 1. The Hall–Kier alpha value is -1.97. The zero-order valence-electron chi connectivity index (χ0n) is 9.20. The minimum atomic E-state index is 0.700. The number of nitrogens with zero attached hydrogens (tertiary/aromatic N) is 2. The molecule has 3 rings (SSSR count). The van der Waals surface area contributed by atoms with Crippen molar-refractivity contribution in [3.8, 4) is 11.3 Å². The third kappa shape index (κ3) is 1.26. The van der Waals surface area contributed by atoms with Crippen LogP contribution in [0, 0.1) is 0 Å². The maximum Gasteiger partial charge on any atom is 0.0880 e. The minimum absolute atomic E-state index is 0.700. The van der Waals surface area contributed by atoms with E-state index in [9.17, 15) is 0 Å². The van der Waals surface area contributed by atoms with Gasteiger partial charge in [-0.15, -0.1) is 0 Å². The Kier molecular flexibility index (Phi) is 1.89. The first-order valence-corrected chi connectivity index (χ1v) is 5.39. The standard InChI is InChI=1S/C12H14N4/c1-16-5-4-8-6-9(2-3-11(8)16)12-10(13)7-14-15-12/h2-3,6-7H,4-5,13H2,1H3,(H,14,15). The van der Waals surface area contributed by atoms with Crippen LogP contribution in [0.2, 0.25) is 0 Å². The van der Waals surface area contributed by atoms with E-state index < -0.39 is 0 Å². The number of nitrogens with two attached hydrogens (primary N) is 1. The summed E-state index contributed by atoms with van der Waals surface area (Å²) >= 11 is 0. The van der Waals surface area contributed by atoms with Crippen molar-refractivity contribution in [2.24, 2.45) is 0 Å². The molecule has 2 aromatic rings. The highest BCUT2D eigenvalue weighted by atomic mass is 15.1. The maximum absolute atomic E-state index is 5.84. The molecule has 82 valence electrons.